The molecule has 0 spiro atoms. The Kier molecular flexibility index (Phi) is 3.31. The van der Waals surface area contributed by atoms with E-state index in [1.165, 1.54) is 18.2 Å². The van der Waals surface area contributed by atoms with E-state index in [-0.39, 0.29) is 11.9 Å². The molecule has 20 heavy (non-hydrogen) atoms. The first-order valence-corrected chi connectivity index (χ1v) is 6.52. The van der Waals surface area contributed by atoms with Gasteiger partial charge >= 0.3 is 0 Å². The second kappa shape index (κ2) is 5.13. The molecule has 1 unspecified atom stereocenters. The summed E-state index contributed by atoms with van der Waals surface area (Å²) < 4.78 is 12.3. The highest BCUT2D eigenvalue weighted by Crippen LogP contribution is 2.24. The summed E-state index contributed by atoms with van der Waals surface area (Å²) in [6.45, 7) is 1.02. The molecule has 6 heteroatoms. The van der Waals surface area contributed by atoms with Crippen LogP contribution in [0.2, 0.25) is 0 Å². The Bertz CT molecular complexity index is 603. The second-order valence-corrected chi connectivity index (χ2v) is 5.01. The third-order valence-corrected chi connectivity index (χ3v) is 3.72. The van der Waals surface area contributed by atoms with Crippen LogP contribution >= 0.6 is 0 Å². The lowest BCUT2D eigenvalue weighted by atomic mass is 10.0. The normalized spacial score (nSPS) is 18.1. The van der Waals surface area contributed by atoms with E-state index < -0.39 is 0 Å². The minimum atomic E-state index is -0.0443. The van der Waals surface area contributed by atoms with Gasteiger partial charge in [-0.1, -0.05) is 0 Å². The average Bonchev–Trinajstić information content (AvgIpc) is 3.09. The highest BCUT2D eigenvalue weighted by molar-refractivity contribution is 5.94. The van der Waals surface area contributed by atoms with E-state index in [0.717, 1.165) is 12.1 Å². The molecular formula is C14H17N3O3. The second-order valence-electron chi connectivity index (χ2n) is 5.01. The van der Waals surface area contributed by atoms with Crippen molar-refractivity contribution in [3.8, 4) is 0 Å². The van der Waals surface area contributed by atoms with Crippen LogP contribution in [0.5, 0.6) is 0 Å². The number of fused-ring (bicyclic) bond motifs is 1. The van der Waals surface area contributed by atoms with Gasteiger partial charge in [0.1, 0.15) is 6.26 Å². The molecule has 0 aromatic carbocycles. The molecule has 2 aromatic rings. The summed E-state index contributed by atoms with van der Waals surface area (Å²) >= 11 is 0. The molecule has 0 aliphatic carbocycles. The van der Waals surface area contributed by atoms with E-state index >= 15 is 0 Å². The monoisotopic (exact) mass is 275 g/mol. The Morgan fingerprint density at radius 1 is 1.60 bits per heavy atom. The van der Waals surface area contributed by atoms with E-state index in [1.807, 2.05) is 16.5 Å². The van der Waals surface area contributed by atoms with E-state index in [2.05, 4.69) is 4.98 Å². The summed E-state index contributed by atoms with van der Waals surface area (Å²) in [6, 6.07) is 1.70. The highest BCUT2D eigenvalue weighted by Gasteiger charge is 2.32. The molecule has 0 fully saturated rings. The van der Waals surface area contributed by atoms with Crippen LogP contribution in [0.15, 0.2) is 29.3 Å². The number of nitrogens with zero attached hydrogens (tertiary/aromatic N) is 3. The van der Waals surface area contributed by atoms with Crippen molar-refractivity contribution in [3.63, 3.8) is 0 Å². The molecule has 0 saturated heterocycles. The Labute approximate surface area is 117 Å². The molecule has 0 saturated carbocycles. The summed E-state index contributed by atoms with van der Waals surface area (Å²) in [6.07, 6.45) is 5.53. The third-order valence-electron chi connectivity index (χ3n) is 3.72. The van der Waals surface area contributed by atoms with Gasteiger partial charge in [0.15, 0.2) is 0 Å². The molecule has 0 bridgehead atoms. The minimum Gasteiger partial charge on any atom is -0.472 e. The number of hydrogen-bond donors (Lipinski definition) is 0. The Morgan fingerprint density at radius 3 is 3.15 bits per heavy atom. The van der Waals surface area contributed by atoms with Gasteiger partial charge in [0.2, 0.25) is 0 Å². The first-order valence-electron chi connectivity index (χ1n) is 6.52. The van der Waals surface area contributed by atoms with Gasteiger partial charge in [-0.15, -0.1) is 0 Å². The van der Waals surface area contributed by atoms with Crippen molar-refractivity contribution in [2.45, 2.75) is 19.0 Å². The van der Waals surface area contributed by atoms with Gasteiger partial charge in [-0.25, -0.2) is 4.98 Å². The number of rotatable bonds is 3. The number of carbonyl (C=O) groups excluding carboxylic acids is 1. The van der Waals surface area contributed by atoms with Crippen molar-refractivity contribution < 1.29 is 13.9 Å². The zero-order valence-electron chi connectivity index (χ0n) is 11.6. The Hall–Kier alpha value is -2.08. The maximum absolute atomic E-state index is 12.5. The SMILES string of the molecule is COCC1Cc2c(ncn2C)CN1C(=O)c1ccoc1. The molecule has 6 nitrogen and oxygen atoms in total. The number of hydrogen-bond acceptors (Lipinski definition) is 4. The number of aryl methyl sites for hydroxylation is 1. The van der Waals surface area contributed by atoms with Crippen LogP contribution in [0.1, 0.15) is 21.7 Å². The predicted octanol–water partition coefficient (Wildman–Crippen LogP) is 1.23. The Balaban J connectivity index is 1.90. The van der Waals surface area contributed by atoms with E-state index in [1.54, 1.807) is 19.5 Å². The highest BCUT2D eigenvalue weighted by atomic mass is 16.5. The van der Waals surface area contributed by atoms with Crippen LogP contribution in [0.3, 0.4) is 0 Å². The fourth-order valence-electron chi connectivity index (χ4n) is 2.65. The maximum Gasteiger partial charge on any atom is 0.257 e. The smallest absolute Gasteiger partial charge is 0.257 e. The van der Waals surface area contributed by atoms with Crippen LogP contribution in [0.25, 0.3) is 0 Å². The number of aromatic nitrogens is 2. The van der Waals surface area contributed by atoms with Gasteiger partial charge in [-0.3, -0.25) is 4.79 Å². The topological polar surface area (TPSA) is 60.5 Å². The molecule has 1 atom stereocenters. The van der Waals surface area contributed by atoms with Crippen LogP contribution in [0.4, 0.5) is 0 Å². The molecule has 1 amide bonds. The van der Waals surface area contributed by atoms with Crippen LogP contribution < -0.4 is 0 Å². The van der Waals surface area contributed by atoms with Crippen LogP contribution in [-0.2, 0) is 24.8 Å². The third kappa shape index (κ3) is 2.12. The van der Waals surface area contributed by atoms with Crippen molar-refractivity contribution in [2.75, 3.05) is 13.7 Å². The van der Waals surface area contributed by atoms with Crippen molar-refractivity contribution in [3.05, 3.63) is 41.9 Å². The van der Waals surface area contributed by atoms with Crippen LogP contribution in [-0.4, -0.2) is 40.1 Å². The van der Waals surface area contributed by atoms with Gasteiger partial charge in [0.25, 0.3) is 5.91 Å². The largest absolute Gasteiger partial charge is 0.472 e. The first kappa shape index (κ1) is 12.9. The lowest BCUT2D eigenvalue weighted by molar-refractivity contribution is 0.0467. The first-order chi connectivity index (χ1) is 9.70. The lowest BCUT2D eigenvalue weighted by Crippen LogP contribution is -2.46. The van der Waals surface area contributed by atoms with E-state index in [9.17, 15) is 4.79 Å². The number of carbonyl (C=O) groups is 1. The fourth-order valence-corrected chi connectivity index (χ4v) is 2.65. The minimum absolute atomic E-state index is 0.0188. The number of ether oxygens (including phenoxy) is 1. The Morgan fingerprint density at radius 2 is 2.45 bits per heavy atom. The molecule has 3 heterocycles. The van der Waals surface area contributed by atoms with Gasteiger partial charge in [0.05, 0.1) is 43.0 Å². The molecule has 1 aliphatic rings. The van der Waals surface area contributed by atoms with Crippen molar-refractivity contribution >= 4 is 5.91 Å². The van der Waals surface area contributed by atoms with E-state index in [0.29, 0.717) is 18.7 Å². The molecule has 3 rings (SSSR count). The van der Waals surface area contributed by atoms with Gasteiger partial charge in [-0.2, -0.15) is 0 Å². The summed E-state index contributed by atoms with van der Waals surface area (Å²) in [5.74, 6) is -0.0443. The summed E-state index contributed by atoms with van der Waals surface area (Å²) in [5, 5.41) is 0. The van der Waals surface area contributed by atoms with Crippen LogP contribution in [0, 0.1) is 0 Å². The molecule has 106 valence electrons. The van der Waals surface area contributed by atoms with Gasteiger partial charge in [0, 0.05) is 26.3 Å². The maximum atomic E-state index is 12.5. The summed E-state index contributed by atoms with van der Waals surface area (Å²) in [4.78, 5) is 18.7. The fraction of sp³-hybridized carbons (Fsp3) is 0.429. The van der Waals surface area contributed by atoms with Crippen molar-refractivity contribution in [1.29, 1.82) is 0 Å². The van der Waals surface area contributed by atoms with Crippen molar-refractivity contribution in [1.82, 2.24) is 14.5 Å². The zero-order valence-corrected chi connectivity index (χ0v) is 11.6. The number of amides is 1. The molecule has 1 aliphatic heterocycles. The van der Waals surface area contributed by atoms with E-state index in [4.69, 9.17) is 9.15 Å². The van der Waals surface area contributed by atoms with Gasteiger partial charge < -0.3 is 18.6 Å². The molecular weight excluding hydrogens is 258 g/mol. The summed E-state index contributed by atoms with van der Waals surface area (Å²) in [7, 11) is 3.63. The predicted molar refractivity (Wildman–Crippen MR) is 71.2 cm³/mol. The van der Waals surface area contributed by atoms with Gasteiger partial charge in [-0.05, 0) is 6.07 Å². The molecule has 0 radical (unpaired) electrons. The number of furan rings is 1. The molecule has 2 aromatic heterocycles. The average molecular weight is 275 g/mol. The number of imidazole rings is 1. The number of methoxy groups -OCH3 is 1. The summed E-state index contributed by atoms with van der Waals surface area (Å²) in [5.41, 5.74) is 2.69. The quantitative estimate of drug-likeness (QED) is 0.845. The van der Waals surface area contributed by atoms with Crippen molar-refractivity contribution in [2.24, 2.45) is 7.05 Å². The molecule has 0 N–H and O–H groups in total. The zero-order chi connectivity index (χ0) is 14.1. The lowest BCUT2D eigenvalue weighted by Gasteiger charge is -2.34. The standard InChI is InChI=1S/C14H17N3O3/c1-16-9-15-12-6-17(11(8-19-2)5-13(12)16)14(18)10-3-4-20-7-10/h3-4,7,9,11H,5-6,8H2,1-2H3.